The molecule has 0 spiro atoms. The Kier molecular flexibility index (Phi) is 10.4. The van der Waals surface area contributed by atoms with Crippen molar-refractivity contribution in [1.29, 1.82) is 0 Å². The van der Waals surface area contributed by atoms with Crippen LogP contribution in [0.3, 0.4) is 0 Å². The highest BCUT2D eigenvalue weighted by atomic mass is 35.5. The first-order valence-electron chi connectivity index (χ1n) is 14.0. The maximum Gasteiger partial charge on any atom is 0.272 e. The Morgan fingerprint density at radius 1 is 0.822 bits per heavy atom. The van der Waals surface area contributed by atoms with Gasteiger partial charge in [-0.1, -0.05) is 78.3 Å². The van der Waals surface area contributed by atoms with Gasteiger partial charge in [0.1, 0.15) is 10.9 Å². The highest BCUT2D eigenvalue weighted by Gasteiger charge is 2.23. The van der Waals surface area contributed by atoms with Gasteiger partial charge in [-0.2, -0.15) is 0 Å². The minimum absolute atomic E-state index is 0.0494. The lowest BCUT2D eigenvalue weighted by Gasteiger charge is -2.19. The first-order valence-corrected chi connectivity index (χ1v) is 15.3. The molecule has 0 aliphatic carbocycles. The molecule has 0 bridgehead atoms. The van der Waals surface area contributed by atoms with Crippen molar-refractivity contribution in [2.75, 3.05) is 10.6 Å². The average Bonchev–Trinajstić information content (AvgIpc) is 3.07. The summed E-state index contributed by atoms with van der Waals surface area (Å²) in [6, 6.07) is 34.2. The van der Waals surface area contributed by atoms with Gasteiger partial charge in [-0.15, -0.1) is 11.8 Å². The number of aromatic nitrogens is 1. The highest BCUT2D eigenvalue weighted by molar-refractivity contribution is 8.00. The Bertz CT molecular complexity index is 1830. The molecule has 45 heavy (non-hydrogen) atoms. The zero-order chi connectivity index (χ0) is 31.6. The van der Waals surface area contributed by atoms with Crippen LogP contribution >= 0.6 is 23.4 Å². The zero-order valence-corrected chi connectivity index (χ0v) is 25.8. The van der Waals surface area contributed by atoms with E-state index in [1.807, 2.05) is 55.5 Å². The second-order valence-electron chi connectivity index (χ2n) is 9.96. The molecule has 3 amide bonds. The highest BCUT2D eigenvalue weighted by Crippen LogP contribution is 2.37. The standard InChI is InChI=1S/C36H29ClN4O3S/c1-24-30(37)18-9-19-31(24)40-36(44)33(26-12-4-2-5-13-26)45-29-17-8-16-28(22-29)39-35(43)32(21-25-11-10-20-38-23-25)41-34(42)27-14-6-3-7-15-27/h2-23,33H,1H3,(H,39,43)(H,40,44)(H,41,42)/b32-21-. The Balaban J connectivity index is 1.37. The number of pyridine rings is 1. The molecule has 0 saturated heterocycles. The van der Waals surface area contributed by atoms with Crippen molar-refractivity contribution in [3.8, 4) is 0 Å². The van der Waals surface area contributed by atoms with Gasteiger partial charge in [0.05, 0.1) is 0 Å². The molecule has 0 fully saturated rings. The molecule has 0 saturated carbocycles. The van der Waals surface area contributed by atoms with Gasteiger partial charge >= 0.3 is 0 Å². The summed E-state index contributed by atoms with van der Waals surface area (Å²) in [5.74, 6) is -1.15. The summed E-state index contributed by atoms with van der Waals surface area (Å²) in [5.41, 5.74) is 3.84. The summed E-state index contributed by atoms with van der Waals surface area (Å²) in [6.07, 6.45) is 4.79. The third-order valence-electron chi connectivity index (χ3n) is 6.74. The first-order chi connectivity index (χ1) is 21.9. The van der Waals surface area contributed by atoms with Crippen LogP contribution in [0, 0.1) is 6.92 Å². The van der Waals surface area contributed by atoms with Crippen molar-refractivity contribution >= 4 is 58.5 Å². The van der Waals surface area contributed by atoms with Crippen LogP contribution in [0.15, 0.2) is 138 Å². The number of hydrogen-bond donors (Lipinski definition) is 3. The number of halogens is 1. The van der Waals surface area contributed by atoms with Crippen molar-refractivity contribution in [3.05, 3.63) is 161 Å². The number of nitrogens with one attached hydrogen (secondary N) is 3. The van der Waals surface area contributed by atoms with Gasteiger partial charge in [0.2, 0.25) is 5.91 Å². The van der Waals surface area contributed by atoms with E-state index in [9.17, 15) is 14.4 Å². The van der Waals surface area contributed by atoms with Crippen molar-refractivity contribution in [2.24, 2.45) is 0 Å². The van der Waals surface area contributed by atoms with Crippen LogP contribution in [0.4, 0.5) is 11.4 Å². The van der Waals surface area contributed by atoms with E-state index in [0.717, 1.165) is 16.0 Å². The van der Waals surface area contributed by atoms with E-state index in [2.05, 4.69) is 20.9 Å². The van der Waals surface area contributed by atoms with Gasteiger partial charge < -0.3 is 16.0 Å². The predicted molar refractivity (Wildman–Crippen MR) is 181 cm³/mol. The lowest BCUT2D eigenvalue weighted by Crippen LogP contribution is -2.30. The van der Waals surface area contributed by atoms with E-state index >= 15 is 0 Å². The molecular formula is C36H29ClN4O3S. The van der Waals surface area contributed by atoms with Crippen LogP contribution < -0.4 is 16.0 Å². The number of amides is 3. The number of anilines is 2. The minimum atomic E-state index is -0.596. The Morgan fingerprint density at radius 3 is 2.29 bits per heavy atom. The number of benzene rings is 4. The van der Waals surface area contributed by atoms with Crippen LogP contribution in [-0.2, 0) is 9.59 Å². The van der Waals surface area contributed by atoms with Crippen molar-refractivity contribution in [1.82, 2.24) is 10.3 Å². The molecule has 0 aliphatic heterocycles. The molecule has 224 valence electrons. The fourth-order valence-corrected chi connectivity index (χ4v) is 5.65. The first kappa shape index (κ1) is 31.3. The Hall–Kier alpha value is -5.18. The lowest BCUT2D eigenvalue weighted by atomic mass is 10.1. The fourth-order valence-electron chi connectivity index (χ4n) is 4.39. The molecule has 9 heteroatoms. The van der Waals surface area contributed by atoms with E-state index in [-0.39, 0.29) is 11.6 Å². The second kappa shape index (κ2) is 15.0. The topological polar surface area (TPSA) is 100 Å². The molecule has 1 unspecified atom stereocenters. The van der Waals surface area contributed by atoms with Gasteiger partial charge in [-0.3, -0.25) is 19.4 Å². The van der Waals surface area contributed by atoms with E-state index in [1.165, 1.54) is 11.8 Å². The normalized spacial score (nSPS) is 11.7. The second-order valence-corrected chi connectivity index (χ2v) is 11.5. The Morgan fingerprint density at radius 2 is 1.56 bits per heavy atom. The third-order valence-corrected chi connectivity index (χ3v) is 8.39. The van der Waals surface area contributed by atoms with E-state index in [0.29, 0.717) is 27.5 Å². The van der Waals surface area contributed by atoms with Gasteiger partial charge in [-0.25, -0.2) is 0 Å². The van der Waals surface area contributed by atoms with Crippen LogP contribution in [0.1, 0.15) is 32.3 Å². The lowest BCUT2D eigenvalue weighted by molar-refractivity contribution is -0.116. The number of carbonyl (C=O) groups excluding carboxylic acids is 3. The molecule has 4 aromatic carbocycles. The maximum absolute atomic E-state index is 13.6. The maximum atomic E-state index is 13.6. The van der Waals surface area contributed by atoms with Crippen LogP contribution in [0.2, 0.25) is 5.02 Å². The molecule has 3 N–H and O–H groups in total. The number of carbonyl (C=O) groups is 3. The number of hydrogen-bond acceptors (Lipinski definition) is 5. The van der Waals surface area contributed by atoms with E-state index in [1.54, 1.807) is 85.2 Å². The number of nitrogens with zero attached hydrogens (tertiary/aromatic N) is 1. The van der Waals surface area contributed by atoms with Gasteiger partial charge in [-0.05, 0) is 78.2 Å². The molecule has 1 aromatic heterocycles. The largest absolute Gasteiger partial charge is 0.325 e. The molecule has 0 radical (unpaired) electrons. The average molecular weight is 633 g/mol. The fraction of sp³-hybridized carbons (Fsp3) is 0.0556. The van der Waals surface area contributed by atoms with Gasteiger partial charge in [0, 0.05) is 39.3 Å². The van der Waals surface area contributed by atoms with Crippen molar-refractivity contribution < 1.29 is 14.4 Å². The number of thioether (sulfide) groups is 1. The number of rotatable bonds is 10. The zero-order valence-electron chi connectivity index (χ0n) is 24.2. The molecule has 1 atom stereocenters. The van der Waals surface area contributed by atoms with Crippen LogP contribution in [0.5, 0.6) is 0 Å². The summed E-state index contributed by atoms with van der Waals surface area (Å²) >= 11 is 7.64. The monoisotopic (exact) mass is 632 g/mol. The molecule has 7 nitrogen and oxygen atoms in total. The van der Waals surface area contributed by atoms with E-state index in [4.69, 9.17) is 11.6 Å². The molecule has 5 aromatic rings. The molecule has 5 rings (SSSR count). The minimum Gasteiger partial charge on any atom is -0.325 e. The molecule has 1 heterocycles. The summed E-state index contributed by atoms with van der Waals surface area (Å²) < 4.78 is 0. The van der Waals surface area contributed by atoms with Crippen molar-refractivity contribution in [3.63, 3.8) is 0 Å². The van der Waals surface area contributed by atoms with Crippen LogP contribution in [0.25, 0.3) is 6.08 Å². The Labute approximate surface area is 270 Å². The summed E-state index contributed by atoms with van der Waals surface area (Å²) in [6.45, 7) is 1.86. The smallest absolute Gasteiger partial charge is 0.272 e. The predicted octanol–water partition coefficient (Wildman–Crippen LogP) is 7.93. The van der Waals surface area contributed by atoms with E-state index < -0.39 is 17.1 Å². The SMILES string of the molecule is Cc1c(Cl)cccc1NC(=O)C(Sc1cccc(NC(=O)/C(=C/c2cccnc2)NC(=O)c2ccccc2)c1)c1ccccc1. The van der Waals surface area contributed by atoms with Gasteiger partial charge in [0.25, 0.3) is 11.8 Å². The summed E-state index contributed by atoms with van der Waals surface area (Å²) in [4.78, 5) is 44.9. The van der Waals surface area contributed by atoms with Gasteiger partial charge in [0.15, 0.2) is 0 Å². The molecular weight excluding hydrogens is 604 g/mol. The third kappa shape index (κ3) is 8.47. The van der Waals surface area contributed by atoms with Crippen LogP contribution in [-0.4, -0.2) is 22.7 Å². The van der Waals surface area contributed by atoms with Crippen molar-refractivity contribution in [2.45, 2.75) is 17.1 Å². The quantitative estimate of drug-likeness (QED) is 0.107. The molecule has 0 aliphatic rings. The summed E-state index contributed by atoms with van der Waals surface area (Å²) in [7, 11) is 0. The summed E-state index contributed by atoms with van der Waals surface area (Å²) in [5, 5.41) is 8.61.